The van der Waals surface area contributed by atoms with Crippen molar-refractivity contribution in [3.8, 4) is 5.69 Å². The summed E-state index contributed by atoms with van der Waals surface area (Å²) in [6, 6.07) is 3.82. The summed E-state index contributed by atoms with van der Waals surface area (Å²) in [5.41, 5.74) is -0.194. The van der Waals surface area contributed by atoms with Gasteiger partial charge in [0.1, 0.15) is 11.5 Å². The van der Waals surface area contributed by atoms with Crippen LogP contribution in [0.3, 0.4) is 0 Å². The van der Waals surface area contributed by atoms with E-state index in [0.29, 0.717) is 6.07 Å². The minimum absolute atomic E-state index is 0.194. The molecule has 0 bridgehead atoms. The second kappa shape index (κ2) is 3.90. The maximum atomic E-state index is 13.4. The lowest BCUT2D eigenvalue weighted by Crippen LogP contribution is -2.17. The summed E-state index contributed by atoms with van der Waals surface area (Å²) >= 11 is 0. The zero-order valence-corrected chi connectivity index (χ0v) is 9.16. The summed E-state index contributed by atoms with van der Waals surface area (Å²) in [5, 5.41) is 8.20. The molecule has 2 rings (SSSR count). The second-order valence-corrected chi connectivity index (χ2v) is 4.73. The van der Waals surface area contributed by atoms with E-state index >= 15 is 0 Å². The molecule has 0 aliphatic rings. The van der Waals surface area contributed by atoms with E-state index in [9.17, 15) is 17.2 Å². The van der Waals surface area contributed by atoms with Crippen LogP contribution in [0.5, 0.6) is 0 Å². The first kappa shape index (κ1) is 11.7. The van der Waals surface area contributed by atoms with E-state index in [4.69, 9.17) is 5.14 Å². The van der Waals surface area contributed by atoms with Crippen LogP contribution in [0, 0.1) is 11.6 Å². The summed E-state index contributed by atoms with van der Waals surface area (Å²) < 4.78 is 49.3. The van der Waals surface area contributed by atoms with Crippen molar-refractivity contribution in [2.24, 2.45) is 5.14 Å². The molecule has 0 radical (unpaired) electrons. The minimum atomic E-state index is -4.03. The predicted molar refractivity (Wildman–Crippen MR) is 54.9 cm³/mol. The van der Waals surface area contributed by atoms with E-state index in [-0.39, 0.29) is 10.7 Å². The number of sulfonamides is 1. The number of aromatic nitrogens is 2. The third-order valence-corrected chi connectivity index (χ3v) is 2.93. The van der Waals surface area contributed by atoms with E-state index in [2.05, 4.69) is 5.10 Å². The molecule has 0 aliphatic heterocycles. The van der Waals surface area contributed by atoms with Gasteiger partial charge in [0.05, 0.1) is 6.20 Å². The van der Waals surface area contributed by atoms with Gasteiger partial charge in [0.2, 0.25) is 0 Å². The van der Waals surface area contributed by atoms with Crippen LogP contribution in [0.4, 0.5) is 8.78 Å². The molecule has 5 nitrogen and oxygen atoms in total. The van der Waals surface area contributed by atoms with Gasteiger partial charge in [-0.2, -0.15) is 5.10 Å². The number of benzene rings is 1. The zero-order valence-electron chi connectivity index (χ0n) is 8.34. The van der Waals surface area contributed by atoms with E-state index in [1.807, 2.05) is 0 Å². The molecule has 2 N–H and O–H groups in total. The Morgan fingerprint density at radius 2 is 1.94 bits per heavy atom. The minimum Gasteiger partial charge on any atom is -0.223 e. The maximum Gasteiger partial charge on any atom is 0.255 e. The van der Waals surface area contributed by atoms with Crippen LogP contribution in [0.2, 0.25) is 0 Å². The van der Waals surface area contributed by atoms with Gasteiger partial charge in [-0.3, -0.25) is 0 Å². The Labute approximate surface area is 95.5 Å². The fourth-order valence-electron chi connectivity index (χ4n) is 1.34. The Hall–Kier alpha value is -1.80. The molecule has 0 aliphatic carbocycles. The Morgan fingerprint density at radius 3 is 2.53 bits per heavy atom. The first-order valence-corrected chi connectivity index (χ1v) is 5.96. The lowest BCUT2D eigenvalue weighted by molar-refractivity contribution is 0.563. The Bertz CT molecular complexity index is 667. The summed E-state index contributed by atoms with van der Waals surface area (Å²) in [5.74, 6) is -1.70. The number of primary sulfonamides is 1. The average Bonchev–Trinajstić information content (AvgIpc) is 2.65. The highest BCUT2D eigenvalue weighted by Gasteiger charge is 2.18. The molecule has 0 saturated heterocycles. The molecule has 0 spiro atoms. The van der Waals surface area contributed by atoms with E-state index in [0.717, 1.165) is 29.1 Å². The topological polar surface area (TPSA) is 78.0 Å². The van der Waals surface area contributed by atoms with Crippen molar-refractivity contribution in [2.45, 2.75) is 5.03 Å². The number of hydrogen-bond donors (Lipinski definition) is 1. The SMILES string of the molecule is NS(=O)(=O)c1ccnn1-c1ccc(F)cc1F. The summed E-state index contributed by atoms with van der Waals surface area (Å²) in [6.07, 6.45) is 1.16. The Kier molecular flexibility index (Phi) is 2.68. The van der Waals surface area contributed by atoms with Gasteiger partial charge in [0.25, 0.3) is 10.0 Å². The van der Waals surface area contributed by atoms with Crippen molar-refractivity contribution in [3.05, 3.63) is 42.1 Å². The molecule has 17 heavy (non-hydrogen) atoms. The fourth-order valence-corrected chi connectivity index (χ4v) is 1.98. The Morgan fingerprint density at radius 1 is 1.24 bits per heavy atom. The molecule has 1 heterocycles. The molecule has 1 aromatic carbocycles. The third kappa shape index (κ3) is 2.17. The van der Waals surface area contributed by atoms with Crippen molar-refractivity contribution in [1.82, 2.24) is 9.78 Å². The van der Waals surface area contributed by atoms with E-state index in [1.165, 1.54) is 0 Å². The molecule has 0 atom stereocenters. The van der Waals surface area contributed by atoms with Gasteiger partial charge in [-0.15, -0.1) is 0 Å². The van der Waals surface area contributed by atoms with E-state index < -0.39 is 21.7 Å². The molecular formula is C9H7F2N3O2S. The molecule has 0 unspecified atom stereocenters. The third-order valence-electron chi connectivity index (χ3n) is 2.04. The van der Waals surface area contributed by atoms with Crippen molar-refractivity contribution in [1.29, 1.82) is 0 Å². The monoisotopic (exact) mass is 259 g/mol. The van der Waals surface area contributed by atoms with Crippen LogP contribution in [0.1, 0.15) is 0 Å². The lowest BCUT2D eigenvalue weighted by Gasteiger charge is -2.06. The molecule has 0 saturated carbocycles. The molecule has 2 aromatic rings. The van der Waals surface area contributed by atoms with Crippen molar-refractivity contribution in [2.75, 3.05) is 0 Å². The normalized spacial score (nSPS) is 11.7. The van der Waals surface area contributed by atoms with Gasteiger partial charge < -0.3 is 0 Å². The van der Waals surface area contributed by atoms with E-state index in [1.54, 1.807) is 0 Å². The van der Waals surface area contributed by atoms with Crippen molar-refractivity contribution >= 4 is 10.0 Å². The molecule has 90 valence electrons. The first-order chi connectivity index (χ1) is 7.89. The van der Waals surface area contributed by atoms with Crippen LogP contribution in [-0.2, 0) is 10.0 Å². The lowest BCUT2D eigenvalue weighted by atomic mass is 10.3. The van der Waals surface area contributed by atoms with Crippen LogP contribution in [-0.4, -0.2) is 18.2 Å². The summed E-state index contributed by atoms with van der Waals surface area (Å²) in [6.45, 7) is 0. The molecule has 0 amide bonds. The standard InChI is InChI=1S/C9H7F2N3O2S/c10-6-1-2-8(7(11)5-6)14-9(3-4-13-14)17(12,15)16/h1-5H,(H2,12,15,16). The number of hydrogen-bond acceptors (Lipinski definition) is 3. The van der Waals surface area contributed by atoms with Gasteiger partial charge in [0.15, 0.2) is 10.8 Å². The van der Waals surface area contributed by atoms with Crippen LogP contribution in [0.25, 0.3) is 5.69 Å². The van der Waals surface area contributed by atoms with Crippen LogP contribution in [0.15, 0.2) is 35.5 Å². The highest BCUT2D eigenvalue weighted by molar-refractivity contribution is 7.89. The molecule has 0 fully saturated rings. The highest BCUT2D eigenvalue weighted by atomic mass is 32.2. The summed E-state index contributed by atoms with van der Waals surface area (Å²) in [7, 11) is -4.03. The van der Waals surface area contributed by atoms with Gasteiger partial charge in [-0.1, -0.05) is 0 Å². The van der Waals surface area contributed by atoms with Crippen molar-refractivity contribution in [3.63, 3.8) is 0 Å². The van der Waals surface area contributed by atoms with Crippen LogP contribution < -0.4 is 5.14 Å². The van der Waals surface area contributed by atoms with Crippen molar-refractivity contribution < 1.29 is 17.2 Å². The number of nitrogens with zero attached hydrogens (tertiary/aromatic N) is 2. The smallest absolute Gasteiger partial charge is 0.223 e. The largest absolute Gasteiger partial charge is 0.255 e. The van der Waals surface area contributed by atoms with Gasteiger partial charge >= 0.3 is 0 Å². The number of nitrogens with two attached hydrogens (primary N) is 1. The highest BCUT2D eigenvalue weighted by Crippen LogP contribution is 2.17. The fraction of sp³-hybridized carbons (Fsp3) is 0. The Balaban J connectivity index is 2.66. The first-order valence-electron chi connectivity index (χ1n) is 4.42. The number of halogens is 2. The molecule has 8 heteroatoms. The predicted octanol–water partition coefficient (Wildman–Crippen LogP) is 0.798. The quantitative estimate of drug-likeness (QED) is 0.866. The number of rotatable bonds is 2. The van der Waals surface area contributed by atoms with Gasteiger partial charge in [0, 0.05) is 6.07 Å². The summed E-state index contributed by atoms with van der Waals surface area (Å²) in [4.78, 5) is 0. The van der Waals surface area contributed by atoms with Gasteiger partial charge in [-0.05, 0) is 18.2 Å². The zero-order chi connectivity index (χ0) is 12.6. The molecule has 1 aromatic heterocycles. The van der Waals surface area contributed by atoms with Crippen LogP contribution >= 0.6 is 0 Å². The van der Waals surface area contributed by atoms with Gasteiger partial charge in [-0.25, -0.2) is 27.0 Å². The maximum absolute atomic E-state index is 13.4. The molecular weight excluding hydrogens is 252 g/mol. The average molecular weight is 259 g/mol. The second-order valence-electron chi connectivity index (χ2n) is 3.22.